The first-order chi connectivity index (χ1) is 5.77. The molecule has 84 valence electrons. The van der Waals surface area contributed by atoms with E-state index in [0.29, 0.717) is 0 Å². The van der Waals surface area contributed by atoms with Crippen molar-refractivity contribution in [2.75, 3.05) is 6.54 Å². The molecule has 6 N–H and O–H groups in total. The normalized spacial score (nSPS) is 11.4. The van der Waals surface area contributed by atoms with Crippen LogP contribution < -0.4 is 11.9 Å². The highest BCUT2D eigenvalue weighted by Gasteiger charge is 2.36. The molecule has 0 aliphatic carbocycles. The van der Waals surface area contributed by atoms with E-state index >= 15 is 0 Å². The van der Waals surface area contributed by atoms with Gasteiger partial charge < -0.3 is 16.1 Å². The van der Waals surface area contributed by atoms with E-state index in [9.17, 15) is 13.2 Å². The van der Waals surface area contributed by atoms with Crippen molar-refractivity contribution < 1.29 is 17.4 Å². The van der Waals surface area contributed by atoms with E-state index in [4.69, 9.17) is 5.73 Å². The molecule has 6 nitrogen and oxygen atoms in total. The van der Waals surface area contributed by atoms with Gasteiger partial charge in [-0.25, -0.2) is 4.79 Å². The molecule has 0 aromatic rings. The largest absolute Gasteiger partial charge is 0.369 e. The minimum absolute atomic E-state index is 0. The Morgan fingerprint density at radius 1 is 1.57 bits per heavy atom. The Labute approximate surface area is 83.8 Å². The monoisotopic (exact) mass is 225 g/mol. The van der Waals surface area contributed by atoms with Crippen LogP contribution in [-0.2, 0) is 19.1 Å². The quantitative estimate of drug-likeness (QED) is 0.521. The molecule has 0 amide bonds. The molecule has 0 aromatic heterocycles. The van der Waals surface area contributed by atoms with Gasteiger partial charge in [0.2, 0.25) is 0 Å². The van der Waals surface area contributed by atoms with Gasteiger partial charge in [-0.2, -0.15) is 8.42 Å². The lowest BCUT2D eigenvalue weighted by molar-refractivity contribution is -0.128. The first-order valence-electron chi connectivity index (χ1n) is 3.57. The third kappa shape index (κ3) is 3.44. The summed E-state index contributed by atoms with van der Waals surface area (Å²) < 4.78 is 25.5. The summed E-state index contributed by atoms with van der Waals surface area (Å²) in [6, 6.07) is 0. The third-order valence-electron chi connectivity index (χ3n) is 1.53. The maximum absolute atomic E-state index is 11.3. The second-order valence-corrected chi connectivity index (χ2v) is 5.20. The maximum Gasteiger partial charge on any atom is 0.345 e. The molecule has 0 heterocycles. The molecule has 0 unspecified atom stereocenters. The van der Waals surface area contributed by atoms with E-state index in [1.807, 2.05) is 0 Å². The highest BCUT2D eigenvalue weighted by Crippen LogP contribution is 2.16. The lowest BCUT2D eigenvalue weighted by Gasteiger charge is -2.20. The maximum atomic E-state index is 11.3. The van der Waals surface area contributed by atoms with E-state index in [1.165, 1.54) is 13.8 Å². The summed E-state index contributed by atoms with van der Waals surface area (Å²) in [6.45, 7) is 5.70. The van der Waals surface area contributed by atoms with Crippen molar-refractivity contribution in [1.82, 2.24) is 6.15 Å². The summed E-state index contributed by atoms with van der Waals surface area (Å²) in [5.74, 6) is -0.999. The van der Waals surface area contributed by atoms with Gasteiger partial charge >= 0.3 is 16.1 Å². The third-order valence-corrected chi connectivity index (χ3v) is 3.43. The molecule has 0 aliphatic rings. The van der Waals surface area contributed by atoms with Gasteiger partial charge in [-0.3, -0.25) is 0 Å². The molecular weight excluding hydrogens is 208 g/mol. The lowest BCUT2D eigenvalue weighted by Crippen LogP contribution is -2.41. The zero-order valence-electron chi connectivity index (χ0n) is 8.61. The molecule has 0 bridgehead atoms. The summed E-state index contributed by atoms with van der Waals surface area (Å²) in [6.07, 6.45) is 0.782. The fraction of sp³-hybridized carbons (Fsp3) is 0.571. The Balaban J connectivity index is 0. The predicted octanol–water partition coefficient (Wildman–Crippen LogP) is 0.159. The average Bonchev–Trinajstić information content (AvgIpc) is 2.03. The van der Waals surface area contributed by atoms with Gasteiger partial charge in [-0.1, -0.05) is 6.58 Å². The molecule has 0 aromatic carbocycles. The van der Waals surface area contributed by atoms with Crippen LogP contribution in [0.4, 0.5) is 0 Å². The van der Waals surface area contributed by atoms with Gasteiger partial charge in [0.05, 0.1) is 0 Å². The number of quaternary nitrogens is 1. The van der Waals surface area contributed by atoms with Crippen LogP contribution in [0.2, 0.25) is 0 Å². The summed E-state index contributed by atoms with van der Waals surface area (Å²) in [5, 5.41) is 0. The molecule has 0 radical (unpaired) electrons. The standard InChI is InChI=1S/C7H13NO4S.H3N/c1-4-6(9)12-13(10,11)7(2,3)5-8;/h4H,1,5,8H2,2-3H3;1H3/p+1. The van der Waals surface area contributed by atoms with Crippen molar-refractivity contribution in [3.05, 3.63) is 12.7 Å². The SMILES string of the molecule is C=CC(=O)OS(=O)(=O)C(C)(C)CN.[NH4+]. The molecule has 14 heavy (non-hydrogen) atoms. The Morgan fingerprint density at radius 3 is 2.29 bits per heavy atom. The smallest absolute Gasteiger partial charge is 0.345 e. The number of carbonyl (C=O) groups excluding carboxylic acids is 1. The molecule has 0 rings (SSSR count). The van der Waals surface area contributed by atoms with Crippen molar-refractivity contribution in [2.24, 2.45) is 5.73 Å². The van der Waals surface area contributed by atoms with Gasteiger partial charge in [0, 0.05) is 12.6 Å². The van der Waals surface area contributed by atoms with Gasteiger partial charge in [-0.15, -0.1) is 0 Å². The fourth-order valence-corrected chi connectivity index (χ4v) is 1.07. The van der Waals surface area contributed by atoms with Crippen molar-refractivity contribution in [1.29, 1.82) is 0 Å². The zero-order chi connectivity index (χ0) is 10.7. The summed E-state index contributed by atoms with van der Waals surface area (Å²) in [7, 11) is -3.97. The second-order valence-electron chi connectivity index (χ2n) is 3.02. The minimum Gasteiger partial charge on any atom is -0.369 e. The van der Waals surface area contributed by atoms with Crippen LogP contribution in [-0.4, -0.2) is 25.7 Å². The van der Waals surface area contributed by atoms with Crippen molar-refractivity contribution in [3.63, 3.8) is 0 Å². The van der Waals surface area contributed by atoms with E-state index in [0.717, 1.165) is 6.08 Å². The Bertz CT molecular complexity index is 308. The van der Waals surface area contributed by atoms with Crippen LogP contribution in [0.3, 0.4) is 0 Å². The van der Waals surface area contributed by atoms with Crippen LogP contribution in [0.1, 0.15) is 13.8 Å². The summed E-state index contributed by atoms with van der Waals surface area (Å²) in [5.41, 5.74) is 5.21. The van der Waals surface area contributed by atoms with Crippen LogP contribution in [0.15, 0.2) is 12.7 Å². The summed E-state index contributed by atoms with van der Waals surface area (Å²) in [4.78, 5) is 10.6. The molecule has 0 fully saturated rings. The van der Waals surface area contributed by atoms with Crippen molar-refractivity contribution in [2.45, 2.75) is 18.6 Å². The molecule has 0 atom stereocenters. The van der Waals surface area contributed by atoms with Crippen LogP contribution in [0.5, 0.6) is 0 Å². The first kappa shape index (κ1) is 15.5. The van der Waals surface area contributed by atoms with E-state index in [1.54, 1.807) is 0 Å². The van der Waals surface area contributed by atoms with E-state index in [-0.39, 0.29) is 12.7 Å². The van der Waals surface area contributed by atoms with Crippen LogP contribution in [0, 0.1) is 0 Å². The average molecular weight is 225 g/mol. The first-order valence-corrected chi connectivity index (χ1v) is 4.98. The number of hydrogen-bond acceptors (Lipinski definition) is 5. The molecule has 0 saturated carbocycles. The van der Waals surface area contributed by atoms with Crippen LogP contribution >= 0.6 is 0 Å². The second kappa shape index (κ2) is 5.08. The van der Waals surface area contributed by atoms with Gasteiger partial charge in [0.25, 0.3) is 0 Å². The van der Waals surface area contributed by atoms with Crippen molar-refractivity contribution in [3.8, 4) is 0 Å². The Morgan fingerprint density at radius 2 is 2.00 bits per heavy atom. The fourth-order valence-electron chi connectivity index (χ4n) is 0.357. The Hall–Kier alpha value is -0.920. The zero-order valence-corrected chi connectivity index (χ0v) is 9.43. The predicted molar refractivity (Wildman–Crippen MR) is 54.3 cm³/mol. The van der Waals surface area contributed by atoms with Gasteiger partial charge in [0.1, 0.15) is 4.75 Å². The van der Waals surface area contributed by atoms with Crippen LogP contribution in [0.25, 0.3) is 0 Å². The molecule has 0 aliphatic heterocycles. The number of nitrogens with two attached hydrogens (primary N) is 1. The van der Waals surface area contributed by atoms with Crippen molar-refractivity contribution >= 4 is 16.1 Å². The number of rotatable bonds is 4. The molecule has 7 heteroatoms. The lowest BCUT2D eigenvalue weighted by atomic mass is 10.2. The highest BCUT2D eigenvalue weighted by molar-refractivity contribution is 7.88. The van der Waals surface area contributed by atoms with Gasteiger partial charge in [-0.05, 0) is 13.8 Å². The summed E-state index contributed by atoms with van der Waals surface area (Å²) >= 11 is 0. The highest BCUT2D eigenvalue weighted by atomic mass is 32.2. The minimum atomic E-state index is -3.97. The number of hydrogen-bond donors (Lipinski definition) is 2. The van der Waals surface area contributed by atoms with Gasteiger partial charge in [0.15, 0.2) is 0 Å². The van der Waals surface area contributed by atoms with E-state index in [2.05, 4.69) is 10.8 Å². The molecular formula is C7H17N2O4S+. The molecule has 0 spiro atoms. The topological polar surface area (TPSA) is 123 Å². The van der Waals surface area contributed by atoms with E-state index < -0.39 is 20.8 Å². The molecule has 0 saturated heterocycles. The number of carbonyl (C=O) groups is 1. The Kier molecular flexibility index (Phi) is 5.65.